The maximum absolute atomic E-state index is 10.7. The van der Waals surface area contributed by atoms with E-state index in [1.807, 2.05) is 0 Å². The van der Waals surface area contributed by atoms with E-state index in [0.29, 0.717) is 5.39 Å². The number of pyridine rings is 1. The number of nitrogens with zero attached hydrogens (tertiary/aromatic N) is 3. The minimum Gasteiger partial charge on any atom is -0.358 e. The minimum absolute atomic E-state index is 0.0294. The summed E-state index contributed by atoms with van der Waals surface area (Å²) in [6.45, 7) is 0. The number of nitro groups is 2. The third kappa shape index (κ3) is 1.54. The van der Waals surface area contributed by atoms with Crippen LogP contribution in [0.4, 0.5) is 11.5 Å². The fourth-order valence-corrected chi connectivity index (χ4v) is 1.37. The normalized spacial score (nSPS) is 10.2. The fraction of sp³-hybridized carbons (Fsp3) is 0. The zero-order chi connectivity index (χ0) is 11.7. The molecule has 0 saturated carbocycles. The molecule has 0 spiro atoms. The molecule has 0 atom stereocenters. The van der Waals surface area contributed by atoms with Crippen LogP contribution in [0.5, 0.6) is 0 Å². The second-order valence-corrected chi connectivity index (χ2v) is 3.03. The van der Waals surface area contributed by atoms with Gasteiger partial charge in [-0.25, -0.2) is 0 Å². The van der Waals surface area contributed by atoms with Crippen LogP contribution in [0.1, 0.15) is 0 Å². The van der Waals surface area contributed by atoms with Crippen molar-refractivity contribution in [2.24, 2.45) is 0 Å². The van der Waals surface area contributed by atoms with Gasteiger partial charge in [0, 0.05) is 17.5 Å². The lowest BCUT2D eigenvalue weighted by Crippen LogP contribution is -1.95. The Balaban J connectivity index is 2.78. The number of rotatable bonds is 2. The van der Waals surface area contributed by atoms with Crippen molar-refractivity contribution in [3.05, 3.63) is 50.6 Å². The summed E-state index contributed by atoms with van der Waals surface area (Å²) in [6.07, 6.45) is 0. The SMILES string of the molecule is O=[N+]([O-])c1ccc2cccc([N+](=O)[O-])c2n1. The molecule has 0 fully saturated rings. The number of hydrogen-bond acceptors (Lipinski definition) is 5. The number of nitro benzene ring substituents is 1. The van der Waals surface area contributed by atoms with E-state index in [0.717, 1.165) is 0 Å². The maximum atomic E-state index is 10.7. The van der Waals surface area contributed by atoms with E-state index in [4.69, 9.17) is 0 Å². The molecule has 0 aliphatic rings. The summed E-state index contributed by atoms with van der Waals surface area (Å²) >= 11 is 0. The number of benzene rings is 1. The van der Waals surface area contributed by atoms with E-state index in [9.17, 15) is 20.2 Å². The molecule has 0 radical (unpaired) electrons. The number of hydrogen-bond donors (Lipinski definition) is 0. The first kappa shape index (κ1) is 9.97. The van der Waals surface area contributed by atoms with Crippen LogP contribution in [0, 0.1) is 20.2 Å². The molecule has 0 aliphatic carbocycles. The summed E-state index contributed by atoms with van der Waals surface area (Å²) in [5.41, 5.74) is -0.206. The Hall–Kier alpha value is -2.57. The molecule has 7 nitrogen and oxygen atoms in total. The zero-order valence-electron chi connectivity index (χ0n) is 7.86. The number of aromatic nitrogens is 1. The molecule has 2 rings (SSSR count). The Bertz CT molecular complexity index is 596. The monoisotopic (exact) mass is 219 g/mol. The number of para-hydroxylation sites is 1. The molecular formula is C9H5N3O4. The fourth-order valence-electron chi connectivity index (χ4n) is 1.37. The van der Waals surface area contributed by atoms with E-state index in [2.05, 4.69) is 4.98 Å². The van der Waals surface area contributed by atoms with Crippen LogP contribution in [-0.2, 0) is 0 Å². The quantitative estimate of drug-likeness (QED) is 0.568. The molecule has 1 aromatic carbocycles. The van der Waals surface area contributed by atoms with Crippen molar-refractivity contribution in [1.29, 1.82) is 0 Å². The Morgan fingerprint density at radius 1 is 1.00 bits per heavy atom. The topological polar surface area (TPSA) is 99.2 Å². The smallest absolute Gasteiger partial charge is 0.358 e. The van der Waals surface area contributed by atoms with E-state index < -0.39 is 15.7 Å². The standard InChI is InChI=1S/C9H5N3O4/c13-11(14)7-3-1-2-6-4-5-8(12(15)16)10-9(6)7/h1-5H. The number of fused-ring (bicyclic) bond motifs is 1. The molecular weight excluding hydrogens is 214 g/mol. The zero-order valence-corrected chi connectivity index (χ0v) is 7.86. The van der Waals surface area contributed by atoms with Crippen molar-refractivity contribution < 1.29 is 9.85 Å². The lowest BCUT2D eigenvalue weighted by Gasteiger charge is -1.95. The second-order valence-electron chi connectivity index (χ2n) is 3.03. The predicted octanol–water partition coefficient (Wildman–Crippen LogP) is 2.05. The van der Waals surface area contributed by atoms with Crippen LogP contribution in [0.25, 0.3) is 10.9 Å². The second kappa shape index (κ2) is 3.54. The first-order chi connectivity index (χ1) is 7.59. The summed E-state index contributed by atoms with van der Waals surface area (Å²) in [5, 5.41) is 21.7. The molecule has 7 heteroatoms. The third-order valence-corrected chi connectivity index (χ3v) is 2.07. The van der Waals surface area contributed by atoms with Gasteiger partial charge >= 0.3 is 11.5 Å². The highest BCUT2D eigenvalue weighted by atomic mass is 16.6. The largest absolute Gasteiger partial charge is 0.364 e. The molecule has 0 aliphatic heterocycles. The van der Waals surface area contributed by atoms with Gasteiger partial charge in [0.1, 0.15) is 0 Å². The van der Waals surface area contributed by atoms with E-state index >= 15 is 0 Å². The molecule has 0 N–H and O–H groups in total. The minimum atomic E-state index is -0.684. The van der Waals surface area contributed by atoms with Crippen LogP contribution < -0.4 is 0 Å². The molecule has 0 unspecified atom stereocenters. The van der Waals surface area contributed by atoms with Crippen LogP contribution in [0.15, 0.2) is 30.3 Å². The van der Waals surface area contributed by atoms with Gasteiger partial charge in [-0.15, -0.1) is 0 Å². The van der Waals surface area contributed by atoms with Crippen LogP contribution in [0.3, 0.4) is 0 Å². The molecule has 1 heterocycles. The molecule has 80 valence electrons. The Morgan fingerprint density at radius 2 is 1.75 bits per heavy atom. The lowest BCUT2D eigenvalue weighted by atomic mass is 10.2. The predicted molar refractivity (Wildman–Crippen MR) is 55.1 cm³/mol. The summed E-state index contributed by atoms with van der Waals surface area (Å²) in [7, 11) is 0. The average molecular weight is 219 g/mol. The van der Waals surface area contributed by atoms with Gasteiger partial charge in [-0.2, -0.15) is 0 Å². The van der Waals surface area contributed by atoms with Gasteiger partial charge in [-0.05, 0) is 16.0 Å². The van der Waals surface area contributed by atoms with Gasteiger partial charge < -0.3 is 10.1 Å². The van der Waals surface area contributed by atoms with Crippen molar-refractivity contribution in [2.45, 2.75) is 0 Å². The Kier molecular flexibility index (Phi) is 2.20. The van der Waals surface area contributed by atoms with Crippen molar-refractivity contribution in [2.75, 3.05) is 0 Å². The molecule has 1 aromatic heterocycles. The molecule has 0 amide bonds. The highest BCUT2D eigenvalue weighted by Crippen LogP contribution is 2.25. The average Bonchev–Trinajstić information content (AvgIpc) is 2.27. The van der Waals surface area contributed by atoms with Crippen molar-refractivity contribution in [3.63, 3.8) is 0 Å². The van der Waals surface area contributed by atoms with E-state index in [-0.39, 0.29) is 11.2 Å². The van der Waals surface area contributed by atoms with Gasteiger partial charge in [0.2, 0.25) is 0 Å². The van der Waals surface area contributed by atoms with Crippen molar-refractivity contribution in [1.82, 2.24) is 4.98 Å². The van der Waals surface area contributed by atoms with Gasteiger partial charge in [0.25, 0.3) is 5.52 Å². The highest BCUT2D eigenvalue weighted by molar-refractivity contribution is 5.87. The highest BCUT2D eigenvalue weighted by Gasteiger charge is 2.19. The van der Waals surface area contributed by atoms with Crippen LogP contribution in [0.2, 0.25) is 0 Å². The van der Waals surface area contributed by atoms with Crippen molar-refractivity contribution >= 4 is 22.4 Å². The first-order valence-corrected chi connectivity index (χ1v) is 4.28. The van der Waals surface area contributed by atoms with Crippen molar-refractivity contribution in [3.8, 4) is 0 Å². The van der Waals surface area contributed by atoms with Gasteiger partial charge in [0.15, 0.2) is 0 Å². The molecule has 0 saturated heterocycles. The Morgan fingerprint density at radius 3 is 2.38 bits per heavy atom. The summed E-state index contributed by atoms with van der Waals surface area (Å²) < 4.78 is 0. The summed E-state index contributed by atoms with van der Waals surface area (Å²) in [4.78, 5) is 23.5. The first-order valence-electron chi connectivity index (χ1n) is 4.28. The van der Waals surface area contributed by atoms with Crippen LogP contribution >= 0.6 is 0 Å². The molecule has 2 aromatic rings. The summed E-state index contributed by atoms with van der Waals surface area (Å²) in [6, 6.07) is 7.03. The van der Waals surface area contributed by atoms with Crippen LogP contribution in [-0.4, -0.2) is 14.8 Å². The third-order valence-electron chi connectivity index (χ3n) is 2.07. The Labute approximate surface area is 88.6 Å². The number of non-ortho nitro benzene ring substituents is 1. The van der Waals surface area contributed by atoms with E-state index in [1.54, 1.807) is 6.07 Å². The molecule has 16 heavy (non-hydrogen) atoms. The molecule has 0 bridgehead atoms. The maximum Gasteiger partial charge on any atom is 0.364 e. The van der Waals surface area contributed by atoms with Gasteiger partial charge in [-0.3, -0.25) is 10.1 Å². The van der Waals surface area contributed by atoms with Gasteiger partial charge in [-0.1, -0.05) is 12.1 Å². The van der Waals surface area contributed by atoms with Gasteiger partial charge in [0.05, 0.1) is 4.92 Å². The summed E-state index contributed by atoms with van der Waals surface area (Å²) in [5.74, 6) is -0.401. The van der Waals surface area contributed by atoms with E-state index in [1.165, 1.54) is 24.3 Å². The lowest BCUT2D eigenvalue weighted by molar-refractivity contribution is -0.390.